The zero-order valence-electron chi connectivity index (χ0n) is 11.0. The molecular formula is C13H18BrNO3. The van der Waals surface area contributed by atoms with E-state index in [2.05, 4.69) is 15.9 Å². The van der Waals surface area contributed by atoms with Crippen LogP contribution in [-0.2, 0) is 11.3 Å². The highest BCUT2D eigenvalue weighted by molar-refractivity contribution is 9.10. The number of nitrogens with zero attached hydrogens (tertiary/aromatic N) is 1. The van der Waals surface area contributed by atoms with Crippen molar-refractivity contribution in [3.63, 3.8) is 0 Å². The van der Waals surface area contributed by atoms with E-state index in [0.717, 1.165) is 4.47 Å². The van der Waals surface area contributed by atoms with Crippen LogP contribution in [0, 0.1) is 0 Å². The fourth-order valence-corrected chi connectivity index (χ4v) is 1.75. The second-order valence-corrected chi connectivity index (χ2v) is 6.03. The Labute approximate surface area is 116 Å². The van der Waals surface area contributed by atoms with Crippen molar-refractivity contribution in [3.8, 4) is 5.75 Å². The van der Waals surface area contributed by atoms with Gasteiger partial charge >= 0.3 is 6.09 Å². The molecule has 0 aliphatic rings. The first-order valence-corrected chi connectivity index (χ1v) is 6.40. The Bertz CT molecular complexity index is 440. The summed E-state index contributed by atoms with van der Waals surface area (Å²) in [5.74, 6) is 0.161. The second-order valence-electron chi connectivity index (χ2n) is 5.11. The molecule has 0 aliphatic carbocycles. The molecule has 18 heavy (non-hydrogen) atoms. The predicted molar refractivity (Wildman–Crippen MR) is 73.5 cm³/mol. The molecule has 1 amide bonds. The Hall–Kier alpha value is -1.23. The molecule has 0 radical (unpaired) electrons. The summed E-state index contributed by atoms with van der Waals surface area (Å²) >= 11 is 3.33. The van der Waals surface area contributed by atoms with E-state index in [4.69, 9.17) is 4.74 Å². The van der Waals surface area contributed by atoms with Crippen molar-refractivity contribution in [2.24, 2.45) is 0 Å². The molecule has 100 valence electrons. The van der Waals surface area contributed by atoms with E-state index in [1.807, 2.05) is 20.8 Å². The van der Waals surface area contributed by atoms with Gasteiger partial charge in [-0.1, -0.05) is 15.9 Å². The molecule has 0 heterocycles. The van der Waals surface area contributed by atoms with Gasteiger partial charge in [-0.3, -0.25) is 0 Å². The van der Waals surface area contributed by atoms with Crippen molar-refractivity contribution >= 4 is 22.0 Å². The highest BCUT2D eigenvalue weighted by atomic mass is 79.9. The topological polar surface area (TPSA) is 49.8 Å². The predicted octanol–water partition coefficient (Wildman–Crippen LogP) is 3.52. The number of hydrogen-bond acceptors (Lipinski definition) is 3. The van der Waals surface area contributed by atoms with Crippen molar-refractivity contribution in [2.45, 2.75) is 32.9 Å². The Kier molecular flexibility index (Phi) is 4.62. The molecule has 1 aromatic rings. The maximum absolute atomic E-state index is 11.8. The lowest BCUT2D eigenvalue weighted by Gasteiger charge is -2.24. The molecular weight excluding hydrogens is 298 g/mol. The first-order chi connectivity index (χ1) is 8.19. The minimum absolute atomic E-state index is 0.161. The van der Waals surface area contributed by atoms with Gasteiger partial charge in [-0.05, 0) is 39.0 Å². The van der Waals surface area contributed by atoms with Gasteiger partial charge in [-0.2, -0.15) is 0 Å². The van der Waals surface area contributed by atoms with E-state index < -0.39 is 11.7 Å². The first-order valence-electron chi connectivity index (χ1n) is 5.60. The molecule has 0 aliphatic heterocycles. The van der Waals surface area contributed by atoms with Crippen LogP contribution in [0.25, 0.3) is 0 Å². The summed E-state index contributed by atoms with van der Waals surface area (Å²) in [6.45, 7) is 5.74. The average molecular weight is 316 g/mol. The van der Waals surface area contributed by atoms with Gasteiger partial charge < -0.3 is 14.7 Å². The molecule has 0 atom stereocenters. The van der Waals surface area contributed by atoms with E-state index >= 15 is 0 Å². The van der Waals surface area contributed by atoms with Crippen LogP contribution < -0.4 is 0 Å². The van der Waals surface area contributed by atoms with Crippen molar-refractivity contribution < 1.29 is 14.6 Å². The van der Waals surface area contributed by atoms with E-state index in [1.54, 1.807) is 25.2 Å². The maximum atomic E-state index is 11.8. The van der Waals surface area contributed by atoms with Crippen LogP contribution in [0.5, 0.6) is 5.75 Å². The lowest BCUT2D eigenvalue weighted by Crippen LogP contribution is -2.33. The molecule has 1 rings (SSSR count). The monoisotopic (exact) mass is 315 g/mol. The highest BCUT2D eigenvalue weighted by Crippen LogP contribution is 2.23. The molecule has 0 fully saturated rings. The van der Waals surface area contributed by atoms with Crippen LogP contribution >= 0.6 is 15.9 Å². The molecule has 0 saturated heterocycles. The molecule has 0 bridgehead atoms. The van der Waals surface area contributed by atoms with Gasteiger partial charge in [0.25, 0.3) is 0 Å². The number of phenolic OH excluding ortho intramolecular Hbond substituents is 1. The fraction of sp³-hybridized carbons (Fsp3) is 0.462. The highest BCUT2D eigenvalue weighted by Gasteiger charge is 2.20. The number of carbonyl (C=O) groups is 1. The summed E-state index contributed by atoms with van der Waals surface area (Å²) in [4.78, 5) is 13.2. The third kappa shape index (κ3) is 4.56. The van der Waals surface area contributed by atoms with Crippen LogP contribution in [0.15, 0.2) is 22.7 Å². The van der Waals surface area contributed by atoms with Gasteiger partial charge in [0.15, 0.2) is 0 Å². The Morgan fingerprint density at radius 3 is 2.61 bits per heavy atom. The number of phenols is 1. The summed E-state index contributed by atoms with van der Waals surface area (Å²) in [5, 5.41) is 9.70. The molecule has 5 heteroatoms. The standard InChI is InChI=1S/C13H18BrNO3/c1-13(2,3)18-12(17)15(4)8-9-7-10(14)5-6-11(9)16/h5-7,16H,8H2,1-4H3. The summed E-state index contributed by atoms with van der Waals surface area (Å²) in [5.41, 5.74) is 0.141. The van der Waals surface area contributed by atoms with Gasteiger partial charge in [-0.15, -0.1) is 0 Å². The van der Waals surface area contributed by atoms with Gasteiger partial charge in [0, 0.05) is 17.1 Å². The zero-order chi connectivity index (χ0) is 13.9. The smallest absolute Gasteiger partial charge is 0.410 e. The minimum atomic E-state index is -0.523. The number of amides is 1. The van der Waals surface area contributed by atoms with Crippen LogP contribution in [-0.4, -0.2) is 28.7 Å². The first kappa shape index (κ1) is 14.8. The molecule has 0 unspecified atom stereocenters. The molecule has 1 N–H and O–H groups in total. The van der Waals surface area contributed by atoms with Crippen molar-refractivity contribution in [3.05, 3.63) is 28.2 Å². The molecule has 0 saturated carbocycles. The quantitative estimate of drug-likeness (QED) is 0.908. The summed E-state index contributed by atoms with van der Waals surface area (Å²) < 4.78 is 6.09. The van der Waals surface area contributed by atoms with Gasteiger partial charge in [-0.25, -0.2) is 4.79 Å². The normalized spacial score (nSPS) is 11.2. The van der Waals surface area contributed by atoms with Crippen LogP contribution in [0.3, 0.4) is 0 Å². The van der Waals surface area contributed by atoms with E-state index in [1.165, 1.54) is 4.90 Å². The second kappa shape index (κ2) is 5.61. The summed E-state index contributed by atoms with van der Waals surface area (Å²) in [6, 6.07) is 5.10. The van der Waals surface area contributed by atoms with Crippen molar-refractivity contribution in [1.82, 2.24) is 4.90 Å². The number of aromatic hydroxyl groups is 1. The SMILES string of the molecule is CN(Cc1cc(Br)ccc1O)C(=O)OC(C)(C)C. The minimum Gasteiger partial charge on any atom is -0.508 e. The number of hydrogen-bond donors (Lipinski definition) is 1. The number of benzene rings is 1. The molecule has 1 aromatic carbocycles. The largest absolute Gasteiger partial charge is 0.508 e. The van der Waals surface area contributed by atoms with Crippen LogP contribution in [0.1, 0.15) is 26.3 Å². The number of ether oxygens (including phenoxy) is 1. The fourth-order valence-electron chi connectivity index (χ4n) is 1.34. The Balaban J connectivity index is 2.72. The Morgan fingerprint density at radius 2 is 2.06 bits per heavy atom. The van der Waals surface area contributed by atoms with Gasteiger partial charge in [0.05, 0.1) is 6.54 Å². The third-order valence-corrected chi connectivity index (χ3v) is 2.65. The van der Waals surface area contributed by atoms with E-state index in [0.29, 0.717) is 12.1 Å². The number of rotatable bonds is 2. The molecule has 4 nitrogen and oxygen atoms in total. The lowest BCUT2D eigenvalue weighted by molar-refractivity contribution is 0.0284. The third-order valence-electron chi connectivity index (χ3n) is 2.15. The zero-order valence-corrected chi connectivity index (χ0v) is 12.6. The number of carbonyl (C=O) groups excluding carboxylic acids is 1. The number of halogens is 1. The van der Waals surface area contributed by atoms with E-state index in [-0.39, 0.29) is 5.75 Å². The Morgan fingerprint density at radius 1 is 1.44 bits per heavy atom. The average Bonchev–Trinajstić information content (AvgIpc) is 2.21. The van der Waals surface area contributed by atoms with Crippen molar-refractivity contribution in [1.29, 1.82) is 0 Å². The molecule has 0 aromatic heterocycles. The van der Waals surface area contributed by atoms with Gasteiger partial charge in [0.1, 0.15) is 11.4 Å². The summed E-state index contributed by atoms with van der Waals surface area (Å²) in [6.07, 6.45) is -0.415. The van der Waals surface area contributed by atoms with Crippen LogP contribution in [0.4, 0.5) is 4.79 Å². The van der Waals surface area contributed by atoms with E-state index in [9.17, 15) is 9.90 Å². The maximum Gasteiger partial charge on any atom is 0.410 e. The summed E-state index contributed by atoms with van der Waals surface area (Å²) in [7, 11) is 1.63. The van der Waals surface area contributed by atoms with Gasteiger partial charge in [0.2, 0.25) is 0 Å². The lowest BCUT2D eigenvalue weighted by atomic mass is 10.2. The van der Waals surface area contributed by atoms with Crippen molar-refractivity contribution in [2.75, 3.05) is 7.05 Å². The molecule has 0 spiro atoms. The van der Waals surface area contributed by atoms with Crippen LogP contribution in [0.2, 0.25) is 0 Å².